The van der Waals surface area contributed by atoms with Gasteiger partial charge in [-0.25, -0.2) is 0 Å². The number of rotatable bonds is 7. The lowest BCUT2D eigenvalue weighted by atomic mass is 10.1. The number of nitrogens with zero attached hydrogens (tertiary/aromatic N) is 1. The lowest BCUT2D eigenvalue weighted by molar-refractivity contribution is -0.129. The molecule has 0 saturated carbocycles. The van der Waals surface area contributed by atoms with Gasteiger partial charge in [0.25, 0.3) is 0 Å². The van der Waals surface area contributed by atoms with Gasteiger partial charge < -0.3 is 9.64 Å². The number of hydrogen-bond acceptors (Lipinski definition) is 2. The number of benzene rings is 2. The number of carbonyl (C=O) groups excluding carboxylic acids is 1. The molecule has 0 radical (unpaired) electrons. The highest BCUT2D eigenvalue weighted by Gasteiger charge is 2.20. The minimum absolute atomic E-state index is 0.0891. The maximum atomic E-state index is 12.3. The lowest BCUT2D eigenvalue weighted by Crippen LogP contribution is -2.31. The van der Waals surface area contributed by atoms with Gasteiger partial charge in [0.1, 0.15) is 11.1 Å². The molecule has 0 aromatic heterocycles. The molecule has 2 aromatic rings. The predicted molar refractivity (Wildman–Crippen MR) is 94.0 cm³/mol. The molecule has 0 aliphatic carbocycles. The standard InChI is InChI=1S/C19H22ClNO2/c1-15-9-6-7-12-17(15)23-14-8-13-21(2)19(22)18(20)16-10-4-3-5-11-16/h3-7,9-12,18H,8,13-14H2,1-2H3. The van der Waals surface area contributed by atoms with Crippen molar-refractivity contribution in [2.75, 3.05) is 20.2 Å². The first-order valence-corrected chi connectivity index (χ1v) is 8.15. The normalized spacial score (nSPS) is 11.8. The van der Waals surface area contributed by atoms with Gasteiger partial charge in [0.05, 0.1) is 6.61 Å². The van der Waals surface area contributed by atoms with E-state index in [9.17, 15) is 4.79 Å². The summed E-state index contributed by atoms with van der Waals surface area (Å²) < 4.78 is 5.74. The van der Waals surface area contributed by atoms with E-state index in [4.69, 9.17) is 16.3 Å². The van der Waals surface area contributed by atoms with Gasteiger partial charge in [0.2, 0.25) is 5.91 Å². The Balaban J connectivity index is 1.77. The maximum Gasteiger partial charge on any atom is 0.244 e. The number of alkyl halides is 1. The molecule has 0 aliphatic heterocycles. The van der Waals surface area contributed by atoms with Crippen molar-refractivity contribution in [3.8, 4) is 5.75 Å². The first-order chi connectivity index (χ1) is 11.1. The van der Waals surface area contributed by atoms with Gasteiger partial charge in [0, 0.05) is 13.6 Å². The monoisotopic (exact) mass is 331 g/mol. The zero-order valence-corrected chi connectivity index (χ0v) is 14.3. The van der Waals surface area contributed by atoms with Crippen molar-refractivity contribution in [2.24, 2.45) is 0 Å². The highest BCUT2D eigenvalue weighted by molar-refractivity contribution is 6.30. The molecule has 0 fully saturated rings. The smallest absolute Gasteiger partial charge is 0.244 e. The summed E-state index contributed by atoms with van der Waals surface area (Å²) >= 11 is 6.26. The summed E-state index contributed by atoms with van der Waals surface area (Å²) in [7, 11) is 1.77. The summed E-state index contributed by atoms with van der Waals surface area (Å²) in [5, 5.41) is -0.640. The van der Waals surface area contributed by atoms with Gasteiger partial charge in [-0.2, -0.15) is 0 Å². The zero-order valence-electron chi connectivity index (χ0n) is 13.5. The molecule has 1 atom stereocenters. The van der Waals surface area contributed by atoms with E-state index in [-0.39, 0.29) is 5.91 Å². The third-order valence-corrected chi connectivity index (χ3v) is 4.11. The zero-order chi connectivity index (χ0) is 16.7. The number of carbonyl (C=O) groups is 1. The van der Waals surface area contributed by atoms with Crippen LogP contribution in [0.3, 0.4) is 0 Å². The number of hydrogen-bond donors (Lipinski definition) is 0. The van der Waals surface area contributed by atoms with Gasteiger partial charge in [-0.05, 0) is 30.5 Å². The topological polar surface area (TPSA) is 29.5 Å². The Morgan fingerprint density at radius 3 is 2.48 bits per heavy atom. The van der Waals surface area contributed by atoms with Gasteiger partial charge in [-0.15, -0.1) is 11.6 Å². The van der Waals surface area contributed by atoms with Crippen molar-refractivity contribution < 1.29 is 9.53 Å². The van der Waals surface area contributed by atoms with Crippen LogP contribution in [0.5, 0.6) is 5.75 Å². The Morgan fingerprint density at radius 2 is 1.78 bits per heavy atom. The third-order valence-electron chi connectivity index (χ3n) is 3.67. The lowest BCUT2D eigenvalue weighted by Gasteiger charge is -2.20. The number of para-hydroxylation sites is 1. The number of likely N-dealkylation sites (N-methyl/N-ethyl adjacent to an activating group) is 1. The SMILES string of the molecule is Cc1ccccc1OCCCN(C)C(=O)C(Cl)c1ccccc1. The first-order valence-electron chi connectivity index (χ1n) is 7.72. The van der Waals surface area contributed by atoms with Crippen LogP contribution in [0.1, 0.15) is 22.9 Å². The average Bonchev–Trinajstić information content (AvgIpc) is 2.59. The Hall–Kier alpha value is -2.00. The van der Waals surface area contributed by atoms with Crippen LogP contribution in [0.4, 0.5) is 0 Å². The van der Waals surface area contributed by atoms with E-state index in [1.807, 2.05) is 61.5 Å². The molecule has 2 aromatic carbocycles. The fourth-order valence-electron chi connectivity index (χ4n) is 2.27. The van der Waals surface area contributed by atoms with Gasteiger partial charge in [0.15, 0.2) is 0 Å². The number of aryl methyl sites for hydroxylation is 1. The van der Waals surface area contributed by atoms with Crippen LogP contribution >= 0.6 is 11.6 Å². The summed E-state index contributed by atoms with van der Waals surface area (Å²) in [6.07, 6.45) is 0.759. The van der Waals surface area contributed by atoms with E-state index in [0.717, 1.165) is 23.3 Å². The molecular weight excluding hydrogens is 310 g/mol. The van der Waals surface area contributed by atoms with Crippen LogP contribution in [-0.2, 0) is 4.79 Å². The summed E-state index contributed by atoms with van der Waals surface area (Å²) in [5.74, 6) is 0.801. The Labute approximate surface area is 142 Å². The molecule has 0 bridgehead atoms. The molecule has 4 heteroatoms. The fraction of sp³-hybridized carbons (Fsp3) is 0.316. The highest BCUT2D eigenvalue weighted by Crippen LogP contribution is 2.22. The minimum atomic E-state index is -0.640. The molecular formula is C19H22ClNO2. The van der Waals surface area contributed by atoms with Crippen molar-refractivity contribution in [2.45, 2.75) is 18.7 Å². The Bertz CT molecular complexity index is 630. The van der Waals surface area contributed by atoms with Crippen LogP contribution in [-0.4, -0.2) is 31.0 Å². The van der Waals surface area contributed by atoms with E-state index < -0.39 is 5.38 Å². The fourth-order valence-corrected chi connectivity index (χ4v) is 2.58. The second kappa shape index (κ2) is 8.59. The molecule has 1 unspecified atom stereocenters. The van der Waals surface area contributed by atoms with Crippen LogP contribution in [0.2, 0.25) is 0 Å². The van der Waals surface area contributed by atoms with E-state index in [2.05, 4.69) is 0 Å². The van der Waals surface area contributed by atoms with Gasteiger partial charge >= 0.3 is 0 Å². The van der Waals surface area contributed by atoms with Crippen LogP contribution in [0, 0.1) is 6.92 Å². The maximum absolute atomic E-state index is 12.3. The molecule has 0 aliphatic rings. The number of ether oxygens (including phenoxy) is 1. The molecule has 0 N–H and O–H groups in total. The van der Waals surface area contributed by atoms with Crippen molar-refractivity contribution in [3.63, 3.8) is 0 Å². The van der Waals surface area contributed by atoms with Crippen molar-refractivity contribution >= 4 is 17.5 Å². The molecule has 23 heavy (non-hydrogen) atoms. The number of halogens is 1. The van der Waals surface area contributed by atoms with E-state index in [1.54, 1.807) is 11.9 Å². The Morgan fingerprint density at radius 1 is 1.13 bits per heavy atom. The molecule has 0 heterocycles. The third kappa shape index (κ3) is 5.00. The average molecular weight is 332 g/mol. The van der Waals surface area contributed by atoms with Crippen LogP contribution in [0.25, 0.3) is 0 Å². The largest absolute Gasteiger partial charge is 0.493 e. The molecule has 2 rings (SSSR count). The van der Waals surface area contributed by atoms with Crippen LogP contribution in [0.15, 0.2) is 54.6 Å². The van der Waals surface area contributed by atoms with E-state index >= 15 is 0 Å². The van der Waals surface area contributed by atoms with Crippen LogP contribution < -0.4 is 4.74 Å². The quantitative estimate of drug-likeness (QED) is 0.562. The first kappa shape index (κ1) is 17.4. The summed E-state index contributed by atoms with van der Waals surface area (Å²) in [6, 6.07) is 17.3. The molecule has 0 saturated heterocycles. The summed E-state index contributed by atoms with van der Waals surface area (Å²) in [6.45, 7) is 3.20. The van der Waals surface area contributed by atoms with E-state index in [1.165, 1.54) is 0 Å². The molecule has 122 valence electrons. The summed E-state index contributed by atoms with van der Waals surface area (Å²) in [4.78, 5) is 14.0. The van der Waals surface area contributed by atoms with Crippen molar-refractivity contribution in [1.29, 1.82) is 0 Å². The Kier molecular flexibility index (Phi) is 6.48. The van der Waals surface area contributed by atoms with Crippen molar-refractivity contribution in [1.82, 2.24) is 4.90 Å². The molecule has 3 nitrogen and oxygen atoms in total. The number of amides is 1. The highest BCUT2D eigenvalue weighted by atomic mass is 35.5. The minimum Gasteiger partial charge on any atom is -0.493 e. The van der Waals surface area contributed by atoms with Crippen molar-refractivity contribution in [3.05, 3.63) is 65.7 Å². The van der Waals surface area contributed by atoms with Gasteiger partial charge in [-0.1, -0.05) is 48.5 Å². The van der Waals surface area contributed by atoms with E-state index in [0.29, 0.717) is 13.2 Å². The van der Waals surface area contributed by atoms with Gasteiger partial charge in [-0.3, -0.25) is 4.79 Å². The molecule has 1 amide bonds. The predicted octanol–water partition coefficient (Wildman–Crippen LogP) is 4.20. The second-order valence-electron chi connectivity index (χ2n) is 5.50. The molecule has 0 spiro atoms. The summed E-state index contributed by atoms with van der Waals surface area (Å²) in [5.41, 5.74) is 1.93. The second-order valence-corrected chi connectivity index (χ2v) is 5.94.